The van der Waals surface area contributed by atoms with Crippen molar-refractivity contribution in [1.82, 2.24) is 0 Å². The average Bonchev–Trinajstić information content (AvgIpc) is 2.86. The van der Waals surface area contributed by atoms with Gasteiger partial charge in [0.05, 0.1) is 0 Å². The number of nitrogens with one attached hydrogen (secondary N) is 1. The van der Waals surface area contributed by atoms with Gasteiger partial charge < -0.3 is 5.32 Å². The molecule has 0 aliphatic heterocycles. The predicted molar refractivity (Wildman–Crippen MR) is 154 cm³/mol. The average molecular weight is 464 g/mol. The summed E-state index contributed by atoms with van der Waals surface area (Å²) in [7, 11) is 0. The first-order valence-electron chi connectivity index (χ1n) is 14.7. The number of unbranched alkanes of at least 4 members (excludes halogenated alkanes) is 12. The van der Waals surface area contributed by atoms with Gasteiger partial charge in [0.15, 0.2) is 0 Å². The lowest BCUT2D eigenvalue weighted by Gasteiger charge is -2.17. The Kier molecular flexibility index (Phi) is 15.5. The van der Waals surface area contributed by atoms with Crippen LogP contribution in [0, 0.1) is 0 Å². The third-order valence-electron chi connectivity index (χ3n) is 7.15. The molecule has 0 heterocycles. The van der Waals surface area contributed by atoms with E-state index in [-0.39, 0.29) is 0 Å². The Balaban J connectivity index is 1.99. The van der Waals surface area contributed by atoms with E-state index < -0.39 is 0 Å². The van der Waals surface area contributed by atoms with Crippen LogP contribution in [0.25, 0.3) is 0 Å². The van der Waals surface area contributed by atoms with E-state index in [1.807, 2.05) is 0 Å². The van der Waals surface area contributed by atoms with Crippen LogP contribution in [0.4, 0.5) is 11.4 Å². The molecule has 0 aromatic heterocycles. The van der Waals surface area contributed by atoms with E-state index in [0.717, 1.165) is 0 Å². The van der Waals surface area contributed by atoms with Gasteiger partial charge in [0.25, 0.3) is 0 Å². The molecule has 0 bridgehead atoms. The molecule has 1 N–H and O–H groups in total. The number of rotatable bonds is 20. The number of hydrogen-bond donors (Lipinski definition) is 1. The lowest BCUT2D eigenvalue weighted by atomic mass is 9.94. The maximum absolute atomic E-state index is 3.79. The van der Waals surface area contributed by atoms with Crippen LogP contribution >= 0.6 is 0 Å². The molecule has 0 amide bonds. The SMILES string of the molecule is CCCCCCCc1ccc(Nc2cccc(CCCCCCC)c2CCCCCCC)cc1. The maximum Gasteiger partial charge on any atom is 0.0419 e. The van der Waals surface area contributed by atoms with Crippen LogP contribution in [0.2, 0.25) is 0 Å². The molecule has 1 nitrogen and oxygen atoms in total. The minimum Gasteiger partial charge on any atom is -0.355 e. The highest BCUT2D eigenvalue weighted by atomic mass is 14.9. The van der Waals surface area contributed by atoms with Gasteiger partial charge in [-0.3, -0.25) is 0 Å². The van der Waals surface area contributed by atoms with Crippen molar-refractivity contribution in [2.24, 2.45) is 0 Å². The van der Waals surface area contributed by atoms with E-state index >= 15 is 0 Å². The Morgan fingerprint density at radius 3 is 1.62 bits per heavy atom. The minimum atomic E-state index is 1.20. The van der Waals surface area contributed by atoms with Gasteiger partial charge >= 0.3 is 0 Å². The molecular weight excluding hydrogens is 410 g/mol. The Hall–Kier alpha value is -1.76. The molecule has 0 fully saturated rings. The second-order valence-corrected chi connectivity index (χ2v) is 10.3. The Bertz CT molecular complexity index is 746. The summed E-state index contributed by atoms with van der Waals surface area (Å²) in [6.07, 6.45) is 23.9. The third-order valence-corrected chi connectivity index (χ3v) is 7.15. The fourth-order valence-corrected chi connectivity index (χ4v) is 4.95. The van der Waals surface area contributed by atoms with Crippen molar-refractivity contribution in [2.75, 3.05) is 5.32 Å². The van der Waals surface area contributed by atoms with Crippen molar-refractivity contribution in [3.63, 3.8) is 0 Å². The van der Waals surface area contributed by atoms with Gasteiger partial charge in [0.1, 0.15) is 0 Å². The van der Waals surface area contributed by atoms with Crippen molar-refractivity contribution in [3.05, 3.63) is 59.2 Å². The van der Waals surface area contributed by atoms with Crippen LogP contribution in [-0.2, 0) is 19.3 Å². The van der Waals surface area contributed by atoms with Gasteiger partial charge in [-0.15, -0.1) is 0 Å². The van der Waals surface area contributed by atoms with Crippen LogP contribution < -0.4 is 5.32 Å². The zero-order valence-corrected chi connectivity index (χ0v) is 22.8. The van der Waals surface area contributed by atoms with Crippen LogP contribution in [-0.4, -0.2) is 0 Å². The van der Waals surface area contributed by atoms with Crippen molar-refractivity contribution >= 4 is 11.4 Å². The fraction of sp³-hybridized carbons (Fsp3) is 0.636. The van der Waals surface area contributed by atoms with E-state index in [1.54, 1.807) is 11.1 Å². The summed E-state index contributed by atoms with van der Waals surface area (Å²) in [5.41, 5.74) is 7.16. The molecule has 0 aliphatic rings. The largest absolute Gasteiger partial charge is 0.355 e. The minimum absolute atomic E-state index is 1.20. The molecule has 2 aromatic carbocycles. The van der Waals surface area contributed by atoms with Crippen molar-refractivity contribution in [3.8, 4) is 0 Å². The molecular formula is C33H53N. The molecule has 1 heteroatoms. The smallest absolute Gasteiger partial charge is 0.0419 e. The summed E-state index contributed by atoms with van der Waals surface area (Å²) in [5, 5.41) is 3.79. The Labute approximate surface area is 212 Å². The molecule has 0 spiro atoms. The standard InChI is InChI=1S/C33H53N/c1-4-7-10-13-16-20-29-25-27-31(28-26-29)34-33-24-19-22-30(21-17-14-11-8-5-2)32(33)23-18-15-12-9-6-3/h19,22,24-28,34H,4-18,20-21,23H2,1-3H3. The van der Waals surface area contributed by atoms with Crippen molar-refractivity contribution < 1.29 is 0 Å². The zero-order chi connectivity index (χ0) is 24.3. The monoisotopic (exact) mass is 463 g/mol. The van der Waals surface area contributed by atoms with E-state index in [0.29, 0.717) is 0 Å². The molecule has 0 saturated carbocycles. The Morgan fingerprint density at radius 2 is 1.03 bits per heavy atom. The van der Waals surface area contributed by atoms with Crippen LogP contribution in [0.3, 0.4) is 0 Å². The fourth-order valence-electron chi connectivity index (χ4n) is 4.95. The number of aryl methyl sites for hydroxylation is 2. The van der Waals surface area contributed by atoms with Crippen LogP contribution in [0.5, 0.6) is 0 Å². The molecule has 0 unspecified atom stereocenters. The third kappa shape index (κ3) is 11.6. The molecule has 34 heavy (non-hydrogen) atoms. The second kappa shape index (κ2) is 18.6. The van der Waals surface area contributed by atoms with E-state index in [1.165, 1.54) is 133 Å². The highest BCUT2D eigenvalue weighted by Gasteiger charge is 2.09. The first-order chi connectivity index (χ1) is 16.8. The predicted octanol–water partition coefficient (Wildman–Crippen LogP) is 11.0. The van der Waals surface area contributed by atoms with Crippen LogP contribution in [0.15, 0.2) is 42.5 Å². The summed E-state index contributed by atoms with van der Waals surface area (Å²) in [6, 6.07) is 16.1. The summed E-state index contributed by atoms with van der Waals surface area (Å²) >= 11 is 0. The van der Waals surface area contributed by atoms with Crippen molar-refractivity contribution in [2.45, 2.75) is 136 Å². The zero-order valence-electron chi connectivity index (χ0n) is 22.8. The first-order valence-corrected chi connectivity index (χ1v) is 14.7. The first kappa shape index (κ1) is 28.5. The van der Waals surface area contributed by atoms with E-state index in [9.17, 15) is 0 Å². The second-order valence-electron chi connectivity index (χ2n) is 10.3. The summed E-state index contributed by atoms with van der Waals surface area (Å²) in [5.74, 6) is 0. The quantitative estimate of drug-likeness (QED) is 0.192. The van der Waals surface area contributed by atoms with Gasteiger partial charge in [-0.1, -0.05) is 122 Å². The van der Waals surface area contributed by atoms with Gasteiger partial charge in [0.2, 0.25) is 0 Å². The molecule has 0 radical (unpaired) electrons. The summed E-state index contributed by atoms with van der Waals surface area (Å²) in [4.78, 5) is 0. The normalized spacial score (nSPS) is 11.1. The van der Waals surface area contributed by atoms with Gasteiger partial charge in [-0.2, -0.15) is 0 Å². The topological polar surface area (TPSA) is 12.0 Å². The van der Waals surface area contributed by atoms with Gasteiger partial charge in [0, 0.05) is 11.4 Å². The molecule has 190 valence electrons. The lowest BCUT2D eigenvalue weighted by Crippen LogP contribution is -2.02. The van der Waals surface area contributed by atoms with Gasteiger partial charge in [-0.05, 0) is 73.4 Å². The number of benzene rings is 2. The molecule has 0 aliphatic carbocycles. The molecule has 0 saturated heterocycles. The van der Waals surface area contributed by atoms with E-state index in [2.05, 4.69) is 68.6 Å². The number of hydrogen-bond acceptors (Lipinski definition) is 1. The number of anilines is 2. The molecule has 2 aromatic rings. The van der Waals surface area contributed by atoms with E-state index in [4.69, 9.17) is 0 Å². The maximum atomic E-state index is 3.79. The summed E-state index contributed by atoms with van der Waals surface area (Å²) in [6.45, 7) is 6.88. The van der Waals surface area contributed by atoms with Crippen molar-refractivity contribution in [1.29, 1.82) is 0 Å². The summed E-state index contributed by atoms with van der Waals surface area (Å²) < 4.78 is 0. The lowest BCUT2D eigenvalue weighted by molar-refractivity contribution is 0.621. The highest BCUT2D eigenvalue weighted by molar-refractivity contribution is 5.65. The molecule has 0 atom stereocenters. The Morgan fingerprint density at radius 1 is 0.500 bits per heavy atom. The van der Waals surface area contributed by atoms with Crippen LogP contribution in [0.1, 0.15) is 134 Å². The van der Waals surface area contributed by atoms with Gasteiger partial charge in [-0.25, -0.2) is 0 Å². The molecule has 2 rings (SSSR count). The highest BCUT2D eigenvalue weighted by Crippen LogP contribution is 2.28.